The summed E-state index contributed by atoms with van der Waals surface area (Å²) in [4.78, 5) is 14.2. The molecule has 0 spiro atoms. The topological polar surface area (TPSA) is 116 Å². The van der Waals surface area contributed by atoms with Crippen molar-refractivity contribution in [2.45, 2.75) is 23.6 Å². The van der Waals surface area contributed by atoms with E-state index in [0.29, 0.717) is 0 Å². The Morgan fingerprint density at radius 3 is 2.64 bits per heavy atom. The molecule has 0 fully saturated rings. The molecule has 2 N–H and O–H groups in total. The molecule has 1 aliphatic heterocycles. The third-order valence-electron chi connectivity index (χ3n) is 4.33. The van der Waals surface area contributed by atoms with Crippen LogP contribution >= 0.6 is 0 Å². The van der Waals surface area contributed by atoms with Gasteiger partial charge in [-0.2, -0.15) is 0 Å². The summed E-state index contributed by atoms with van der Waals surface area (Å²) in [5.74, 6) is -2.11. The highest BCUT2D eigenvalue weighted by molar-refractivity contribution is 7.93. The molecule has 1 aromatic carbocycles. The van der Waals surface area contributed by atoms with Crippen molar-refractivity contribution >= 4 is 21.4 Å². The molecule has 0 saturated carbocycles. The third kappa shape index (κ3) is 2.90. The van der Waals surface area contributed by atoms with E-state index in [0.717, 1.165) is 18.2 Å². The number of nitro groups is 1. The van der Waals surface area contributed by atoms with E-state index in [1.165, 1.54) is 13.0 Å². The smallest absolute Gasteiger partial charge is 0.270 e. The SMILES string of the molecule is C=CCC1(CF)C(N)=N[C@](C)(c2cc([N+](=O)[O-])ccc2F)CS1(=O)=O. The minimum absolute atomic E-state index is 0.283. The van der Waals surface area contributed by atoms with Crippen LogP contribution in [-0.4, -0.2) is 36.4 Å². The van der Waals surface area contributed by atoms with Crippen LogP contribution in [-0.2, 0) is 15.4 Å². The molecule has 0 saturated heterocycles. The number of rotatable bonds is 5. The van der Waals surface area contributed by atoms with Crippen LogP contribution in [0.4, 0.5) is 14.5 Å². The first kappa shape index (κ1) is 19.0. The van der Waals surface area contributed by atoms with Gasteiger partial charge in [0.2, 0.25) is 0 Å². The fourth-order valence-corrected chi connectivity index (χ4v) is 5.05. The third-order valence-corrected chi connectivity index (χ3v) is 6.95. The van der Waals surface area contributed by atoms with E-state index in [1.54, 1.807) is 0 Å². The number of nitro benzene ring substituents is 1. The number of amidine groups is 1. The maximum Gasteiger partial charge on any atom is 0.270 e. The zero-order chi connectivity index (χ0) is 19.0. The standard InChI is InChI=1S/C15H17F2N3O4S/c1-3-6-15(8-16)13(18)19-14(2,9-25(15,23)24)11-7-10(20(21)22)4-5-12(11)17/h3-5,7H,1,6,8-9H2,2H3,(H2,18,19)/t14-,15?/m0/s1. The quantitative estimate of drug-likeness (QED) is 0.481. The Morgan fingerprint density at radius 2 is 2.16 bits per heavy atom. The second-order valence-electron chi connectivity index (χ2n) is 6.07. The minimum atomic E-state index is -4.19. The molecule has 1 heterocycles. The maximum absolute atomic E-state index is 14.2. The van der Waals surface area contributed by atoms with Gasteiger partial charge in [-0.15, -0.1) is 6.58 Å². The summed E-state index contributed by atoms with van der Waals surface area (Å²) in [6, 6.07) is 2.73. The zero-order valence-corrected chi connectivity index (χ0v) is 14.2. The van der Waals surface area contributed by atoms with Crippen LogP contribution in [0.5, 0.6) is 0 Å². The molecule has 0 radical (unpaired) electrons. The van der Waals surface area contributed by atoms with Crippen LogP contribution in [0.15, 0.2) is 35.8 Å². The number of nitrogens with zero attached hydrogens (tertiary/aromatic N) is 2. The van der Waals surface area contributed by atoms with Crippen LogP contribution < -0.4 is 5.73 Å². The van der Waals surface area contributed by atoms with Crippen LogP contribution in [0, 0.1) is 15.9 Å². The molecule has 2 atom stereocenters. The Kier molecular flexibility index (Phi) is 4.69. The normalized spacial score (nSPS) is 28.2. The number of hydrogen-bond donors (Lipinski definition) is 1. The number of allylic oxidation sites excluding steroid dienone is 1. The summed E-state index contributed by atoms with van der Waals surface area (Å²) in [7, 11) is -4.19. The number of benzene rings is 1. The van der Waals surface area contributed by atoms with Crippen molar-refractivity contribution in [2.75, 3.05) is 12.4 Å². The highest BCUT2D eigenvalue weighted by Crippen LogP contribution is 2.40. The van der Waals surface area contributed by atoms with E-state index >= 15 is 0 Å². The number of aliphatic imine (C=N–C) groups is 1. The molecule has 0 amide bonds. The van der Waals surface area contributed by atoms with E-state index < -0.39 is 54.8 Å². The van der Waals surface area contributed by atoms with Crippen LogP contribution in [0.1, 0.15) is 18.9 Å². The predicted molar refractivity (Wildman–Crippen MR) is 89.3 cm³/mol. The summed E-state index contributed by atoms with van der Waals surface area (Å²) in [5.41, 5.74) is 3.35. The van der Waals surface area contributed by atoms with Gasteiger partial charge in [-0.3, -0.25) is 15.1 Å². The average molecular weight is 373 g/mol. The van der Waals surface area contributed by atoms with Crippen molar-refractivity contribution in [3.63, 3.8) is 0 Å². The van der Waals surface area contributed by atoms with Gasteiger partial charge in [0.05, 0.1) is 10.7 Å². The van der Waals surface area contributed by atoms with Crippen molar-refractivity contribution in [3.8, 4) is 0 Å². The van der Waals surface area contributed by atoms with E-state index in [4.69, 9.17) is 5.73 Å². The molecule has 0 bridgehead atoms. The molecule has 10 heteroatoms. The number of non-ortho nitro benzene ring substituents is 1. The van der Waals surface area contributed by atoms with E-state index in [1.807, 2.05) is 0 Å². The van der Waals surface area contributed by atoms with Crippen molar-refractivity contribution in [3.05, 3.63) is 52.3 Å². The molecular weight excluding hydrogens is 356 g/mol. The number of sulfone groups is 1. The second kappa shape index (κ2) is 6.17. The van der Waals surface area contributed by atoms with E-state index in [9.17, 15) is 27.3 Å². The largest absolute Gasteiger partial charge is 0.386 e. The van der Waals surface area contributed by atoms with Gasteiger partial charge in [-0.25, -0.2) is 17.2 Å². The highest BCUT2D eigenvalue weighted by Gasteiger charge is 2.54. The maximum atomic E-state index is 14.2. The first-order valence-corrected chi connectivity index (χ1v) is 8.87. The molecule has 0 aromatic heterocycles. The summed E-state index contributed by atoms with van der Waals surface area (Å²) >= 11 is 0. The van der Waals surface area contributed by atoms with Gasteiger partial charge in [0.15, 0.2) is 14.6 Å². The lowest BCUT2D eigenvalue weighted by Crippen LogP contribution is -2.59. The molecular formula is C15H17F2N3O4S. The summed E-state index contributed by atoms with van der Waals surface area (Å²) < 4.78 is 51.3. The van der Waals surface area contributed by atoms with Gasteiger partial charge in [-0.05, 0) is 19.4 Å². The van der Waals surface area contributed by atoms with Gasteiger partial charge < -0.3 is 5.73 Å². The molecule has 1 aliphatic rings. The van der Waals surface area contributed by atoms with Crippen molar-refractivity contribution in [1.82, 2.24) is 0 Å². The first-order valence-electron chi connectivity index (χ1n) is 7.22. The summed E-state index contributed by atoms with van der Waals surface area (Å²) in [5, 5.41) is 10.9. The van der Waals surface area contributed by atoms with Crippen LogP contribution in [0.3, 0.4) is 0 Å². The van der Waals surface area contributed by atoms with Crippen molar-refractivity contribution in [2.24, 2.45) is 10.7 Å². The lowest BCUT2D eigenvalue weighted by Gasteiger charge is -2.39. The van der Waals surface area contributed by atoms with Gasteiger partial charge in [-0.1, -0.05) is 6.08 Å². The monoisotopic (exact) mass is 373 g/mol. The number of alkyl halides is 1. The Hall–Kier alpha value is -2.36. The summed E-state index contributed by atoms with van der Waals surface area (Å²) in [6.07, 6.45) is 0.935. The van der Waals surface area contributed by atoms with Gasteiger partial charge >= 0.3 is 0 Å². The van der Waals surface area contributed by atoms with E-state index in [2.05, 4.69) is 11.6 Å². The molecule has 2 rings (SSSR count). The zero-order valence-electron chi connectivity index (χ0n) is 13.4. The van der Waals surface area contributed by atoms with Gasteiger partial charge in [0, 0.05) is 17.7 Å². The second-order valence-corrected chi connectivity index (χ2v) is 8.37. The molecule has 136 valence electrons. The van der Waals surface area contributed by atoms with Gasteiger partial charge in [0.1, 0.15) is 23.9 Å². The molecule has 0 aliphatic carbocycles. The number of nitrogens with two attached hydrogens (primary N) is 1. The first-order chi connectivity index (χ1) is 11.5. The Bertz CT molecular complexity index is 872. The highest BCUT2D eigenvalue weighted by atomic mass is 32.2. The Morgan fingerprint density at radius 1 is 1.52 bits per heavy atom. The van der Waals surface area contributed by atoms with Crippen LogP contribution in [0.2, 0.25) is 0 Å². The minimum Gasteiger partial charge on any atom is -0.386 e. The van der Waals surface area contributed by atoms with Crippen molar-refractivity contribution in [1.29, 1.82) is 0 Å². The van der Waals surface area contributed by atoms with Crippen molar-refractivity contribution < 1.29 is 22.1 Å². The molecule has 7 nitrogen and oxygen atoms in total. The predicted octanol–water partition coefficient (Wildman–Crippen LogP) is 2.02. The average Bonchev–Trinajstić information content (AvgIpc) is 2.50. The molecule has 1 unspecified atom stereocenters. The lowest BCUT2D eigenvalue weighted by atomic mass is 9.92. The van der Waals surface area contributed by atoms with Crippen LogP contribution in [0.25, 0.3) is 0 Å². The Labute approximate surface area is 143 Å². The lowest BCUT2D eigenvalue weighted by molar-refractivity contribution is -0.385. The molecule has 1 aromatic rings. The van der Waals surface area contributed by atoms with Gasteiger partial charge in [0.25, 0.3) is 5.69 Å². The Balaban J connectivity index is 2.71. The van der Waals surface area contributed by atoms with E-state index in [-0.39, 0.29) is 12.0 Å². The number of hydrogen-bond acceptors (Lipinski definition) is 6. The fourth-order valence-electron chi connectivity index (χ4n) is 2.92. The number of halogens is 2. The fraction of sp³-hybridized carbons (Fsp3) is 0.400. The molecule has 25 heavy (non-hydrogen) atoms. The summed E-state index contributed by atoms with van der Waals surface area (Å²) in [6.45, 7) is 3.40.